The van der Waals surface area contributed by atoms with Crippen LogP contribution in [0, 0.1) is 0 Å². The summed E-state index contributed by atoms with van der Waals surface area (Å²) in [6.45, 7) is 0. The van der Waals surface area contributed by atoms with Crippen LogP contribution in [0.25, 0.3) is 0 Å². The van der Waals surface area contributed by atoms with E-state index in [4.69, 9.17) is 17.4 Å². The van der Waals surface area contributed by atoms with E-state index >= 15 is 0 Å². The summed E-state index contributed by atoms with van der Waals surface area (Å²) in [5.41, 5.74) is 0. The van der Waals surface area contributed by atoms with Crippen molar-refractivity contribution < 1.29 is 56.1 Å². The number of nitrogens with zero attached hydrogens (tertiary/aromatic N) is 1. The first-order chi connectivity index (χ1) is 4.34. The summed E-state index contributed by atoms with van der Waals surface area (Å²) in [4.78, 5) is 4.46. The molecular formula is C6H6KNOS. The molecule has 0 N–H and O–H groups in total. The number of ether oxygens (including phenoxy) is 1. The molecule has 2 nitrogen and oxygen atoms in total. The predicted octanol–water partition coefficient (Wildman–Crippen LogP) is -2.00. The van der Waals surface area contributed by atoms with Gasteiger partial charge in [-0.15, -0.1) is 4.90 Å². The number of rotatable bonds is 1. The van der Waals surface area contributed by atoms with Gasteiger partial charge in [0.1, 0.15) is 5.75 Å². The molecule has 0 fully saturated rings. The fraction of sp³-hybridized carbons (Fsp3) is 0.167. The molecule has 0 spiro atoms. The van der Waals surface area contributed by atoms with Crippen molar-refractivity contribution >= 4 is 12.6 Å². The fourth-order valence-corrected chi connectivity index (χ4v) is 0.748. The van der Waals surface area contributed by atoms with E-state index in [-0.39, 0.29) is 51.4 Å². The first-order valence-electron chi connectivity index (χ1n) is 2.49. The minimum Gasteiger partial charge on any atom is -0.775 e. The van der Waals surface area contributed by atoms with Gasteiger partial charge in [-0.3, -0.25) is 4.98 Å². The van der Waals surface area contributed by atoms with Crippen molar-refractivity contribution in [3.63, 3.8) is 0 Å². The van der Waals surface area contributed by atoms with Crippen molar-refractivity contribution in [2.45, 2.75) is 4.90 Å². The molecule has 0 radical (unpaired) electrons. The number of hydrogen-bond acceptors (Lipinski definition) is 3. The van der Waals surface area contributed by atoms with Crippen molar-refractivity contribution in [1.82, 2.24) is 4.98 Å². The molecule has 0 aromatic carbocycles. The third kappa shape index (κ3) is 2.82. The average molecular weight is 179 g/mol. The van der Waals surface area contributed by atoms with Crippen LogP contribution in [0.1, 0.15) is 0 Å². The molecule has 0 aliphatic rings. The zero-order valence-electron chi connectivity index (χ0n) is 6.00. The SMILES string of the molecule is COc1ccncc1[S-].[K+]. The molecule has 1 rings (SSSR count). The summed E-state index contributed by atoms with van der Waals surface area (Å²) < 4.78 is 4.90. The average Bonchev–Trinajstić information content (AvgIpc) is 1.89. The topological polar surface area (TPSA) is 22.1 Å². The van der Waals surface area contributed by atoms with E-state index in [0.717, 1.165) is 0 Å². The van der Waals surface area contributed by atoms with Gasteiger partial charge in [0.2, 0.25) is 0 Å². The molecule has 1 aromatic heterocycles. The Labute approximate surface area is 108 Å². The maximum atomic E-state index is 4.90. The molecular weight excluding hydrogens is 173 g/mol. The molecule has 48 valence electrons. The van der Waals surface area contributed by atoms with Crippen LogP contribution in [-0.4, -0.2) is 12.1 Å². The van der Waals surface area contributed by atoms with Gasteiger partial charge in [-0.1, -0.05) is 0 Å². The second-order valence-electron chi connectivity index (χ2n) is 1.53. The molecule has 0 aliphatic carbocycles. The number of pyridine rings is 1. The molecule has 0 unspecified atom stereocenters. The van der Waals surface area contributed by atoms with Crippen LogP contribution in [0.2, 0.25) is 0 Å². The van der Waals surface area contributed by atoms with Crippen LogP contribution < -0.4 is 56.1 Å². The Bertz CT molecular complexity index is 207. The number of hydrogen-bond donors (Lipinski definition) is 0. The van der Waals surface area contributed by atoms with Gasteiger partial charge in [0.15, 0.2) is 0 Å². The van der Waals surface area contributed by atoms with E-state index in [0.29, 0.717) is 10.6 Å². The summed E-state index contributed by atoms with van der Waals surface area (Å²) in [7, 11) is 1.59. The van der Waals surface area contributed by atoms with E-state index in [1.165, 1.54) is 0 Å². The van der Waals surface area contributed by atoms with Crippen LogP contribution in [0.15, 0.2) is 23.4 Å². The second kappa shape index (κ2) is 5.46. The smallest absolute Gasteiger partial charge is 0.775 e. The van der Waals surface area contributed by atoms with Crippen LogP contribution in [0.5, 0.6) is 5.75 Å². The van der Waals surface area contributed by atoms with E-state index in [1.54, 1.807) is 25.6 Å². The zero-order chi connectivity index (χ0) is 6.69. The first kappa shape index (κ1) is 10.8. The summed E-state index contributed by atoms with van der Waals surface area (Å²) in [6, 6.07) is 1.74. The van der Waals surface area contributed by atoms with Crippen molar-refractivity contribution in [2.75, 3.05) is 7.11 Å². The van der Waals surface area contributed by atoms with Gasteiger partial charge in [0.05, 0.1) is 7.11 Å². The normalized spacial score (nSPS) is 8.10. The van der Waals surface area contributed by atoms with Gasteiger partial charge < -0.3 is 17.4 Å². The largest absolute Gasteiger partial charge is 1.00 e. The van der Waals surface area contributed by atoms with E-state index in [1.807, 2.05) is 0 Å². The Hall–Kier alpha value is 0.806. The van der Waals surface area contributed by atoms with Gasteiger partial charge in [-0.25, -0.2) is 0 Å². The van der Waals surface area contributed by atoms with Gasteiger partial charge in [0.25, 0.3) is 0 Å². The van der Waals surface area contributed by atoms with E-state index in [2.05, 4.69) is 4.98 Å². The quantitative estimate of drug-likeness (QED) is 0.368. The standard InChI is InChI=1S/C6H7NOS.K/c1-8-5-2-3-7-4-6(5)9;/h2-4,9H,1H3;/q;+1/p-1. The predicted molar refractivity (Wildman–Crippen MR) is 36.4 cm³/mol. The monoisotopic (exact) mass is 179 g/mol. The van der Waals surface area contributed by atoms with Crippen LogP contribution in [0.3, 0.4) is 0 Å². The van der Waals surface area contributed by atoms with Crippen molar-refractivity contribution in [1.29, 1.82) is 0 Å². The number of aromatic nitrogens is 1. The molecule has 0 saturated carbocycles. The Morgan fingerprint density at radius 2 is 2.30 bits per heavy atom. The van der Waals surface area contributed by atoms with Crippen LogP contribution >= 0.6 is 0 Å². The zero-order valence-corrected chi connectivity index (χ0v) is 9.94. The van der Waals surface area contributed by atoms with Crippen LogP contribution in [0.4, 0.5) is 0 Å². The van der Waals surface area contributed by atoms with Crippen LogP contribution in [-0.2, 0) is 12.6 Å². The molecule has 1 heterocycles. The summed E-state index contributed by atoms with van der Waals surface area (Å²) in [5.74, 6) is 0.708. The third-order valence-electron chi connectivity index (χ3n) is 0.967. The van der Waals surface area contributed by atoms with Gasteiger partial charge in [-0.2, -0.15) is 0 Å². The van der Waals surface area contributed by atoms with Gasteiger partial charge in [0, 0.05) is 12.4 Å². The first-order valence-corrected chi connectivity index (χ1v) is 2.90. The fourth-order valence-electron chi connectivity index (χ4n) is 0.536. The summed E-state index contributed by atoms with van der Waals surface area (Å²) in [6.07, 6.45) is 3.24. The van der Waals surface area contributed by atoms with Crippen molar-refractivity contribution in [3.8, 4) is 5.75 Å². The Morgan fingerprint density at radius 1 is 1.60 bits per heavy atom. The maximum Gasteiger partial charge on any atom is 1.00 e. The Kier molecular flexibility index (Phi) is 5.90. The van der Waals surface area contributed by atoms with Crippen molar-refractivity contribution in [2.24, 2.45) is 0 Å². The molecule has 0 amide bonds. The summed E-state index contributed by atoms with van der Waals surface area (Å²) >= 11 is 4.86. The Balaban J connectivity index is 0.000000810. The molecule has 10 heavy (non-hydrogen) atoms. The Morgan fingerprint density at radius 3 is 2.70 bits per heavy atom. The minimum atomic E-state index is 0. The number of methoxy groups -OCH3 is 1. The van der Waals surface area contributed by atoms with Gasteiger partial charge in [-0.05, 0) is 6.07 Å². The molecule has 0 bridgehead atoms. The minimum absolute atomic E-state index is 0. The summed E-state index contributed by atoms with van der Waals surface area (Å²) in [5, 5.41) is 0. The maximum absolute atomic E-state index is 4.90. The molecule has 1 aromatic rings. The molecule has 4 heteroatoms. The van der Waals surface area contributed by atoms with E-state index < -0.39 is 0 Å². The second-order valence-corrected chi connectivity index (χ2v) is 1.97. The van der Waals surface area contributed by atoms with Gasteiger partial charge >= 0.3 is 51.4 Å². The molecule has 0 atom stereocenters. The van der Waals surface area contributed by atoms with E-state index in [9.17, 15) is 0 Å². The molecule has 0 saturated heterocycles. The molecule has 0 aliphatic heterocycles. The van der Waals surface area contributed by atoms with Crippen molar-refractivity contribution in [3.05, 3.63) is 18.5 Å². The third-order valence-corrected chi connectivity index (χ3v) is 1.27.